The normalized spacial score (nSPS) is 25.0. The van der Waals surface area contributed by atoms with E-state index in [2.05, 4.69) is 4.98 Å². The molecule has 1 aliphatic rings. The van der Waals surface area contributed by atoms with Crippen LogP contribution in [-0.2, 0) is 9.84 Å². The first-order chi connectivity index (χ1) is 6.66. The number of nitrogens with zero attached hydrogens (tertiary/aromatic N) is 1. The summed E-state index contributed by atoms with van der Waals surface area (Å²) in [5.74, 6) is 0.631. The van der Waals surface area contributed by atoms with Crippen molar-refractivity contribution < 1.29 is 8.42 Å². The van der Waals surface area contributed by atoms with Crippen molar-refractivity contribution >= 4 is 21.6 Å². The highest BCUT2D eigenvalue weighted by molar-refractivity contribution is 8.01. The van der Waals surface area contributed by atoms with E-state index in [-0.39, 0.29) is 5.25 Å². The summed E-state index contributed by atoms with van der Waals surface area (Å²) in [4.78, 5) is 4.16. The Morgan fingerprint density at radius 2 is 2.29 bits per heavy atom. The Bertz CT molecular complexity index is 402. The molecule has 1 saturated heterocycles. The monoisotopic (exact) mass is 229 g/mol. The summed E-state index contributed by atoms with van der Waals surface area (Å²) in [6, 6.07) is 5.68. The quantitative estimate of drug-likeness (QED) is 0.768. The molecule has 1 aromatic rings. The van der Waals surface area contributed by atoms with Gasteiger partial charge in [0.15, 0.2) is 9.84 Å². The van der Waals surface area contributed by atoms with Crippen LogP contribution in [0.3, 0.4) is 0 Å². The minimum absolute atomic E-state index is 0.190. The predicted molar refractivity (Wildman–Crippen MR) is 57.2 cm³/mol. The standard InChI is InChI=1S/C9H11NO2S2/c11-14(12)6-4-8(7-14)13-9-3-1-2-5-10-9/h1-3,5,8H,4,6-7H2/t8-/m0/s1. The molecule has 0 aromatic carbocycles. The molecule has 0 N–H and O–H groups in total. The smallest absolute Gasteiger partial charge is 0.151 e. The molecule has 0 amide bonds. The Morgan fingerprint density at radius 1 is 1.43 bits per heavy atom. The third kappa shape index (κ3) is 2.48. The molecule has 0 bridgehead atoms. The van der Waals surface area contributed by atoms with Gasteiger partial charge in [0, 0.05) is 11.4 Å². The fraction of sp³-hybridized carbons (Fsp3) is 0.444. The van der Waals surface area contributed by atoms with Crippen molar-refractivity contribution in [2.24, 2.45) is 0 Å². The molecule has 2 heterocycles. The van der Waals surface area contributed by atoms with Gasteiger partial charge in [0.1, 0.15) is 0 Å². The average Bonchev–Trinajstić information content (AvgIpc) is 2.47. The molecule has 5 heteroatoms. The highest BCUT2D eigenvalue weighted by Crippen LogP contribution is 2.29. The molecule has 0 spiro atoms. The Balaban J connectivity index is 2.01. The van der Waals surface area contributed by atoms with Crippen molar-refractivity contribution in [1.82, 2.24) is 4.98 Å². The zero-order valence-corrected chi connectivity index (χ0v) is 9.22. The molecule has 3 nitrogen and oxygen atoms in total. The van der Waals surface area contributed by atoms with Crippen LogP contribution in [0.5, 0.6) is 0 Å². The minimum atomic E-state index is -2.76. The molecule has 1 atom stereocenters. The lowest BCUT2D eigenvalue weighted by Gasteiger charge is -2.05. The van der Waals surface area contributed by atoms with E-state index in [1.807, 2.05) is 18.2 Å². The largest absolute Gasteiger partial charge is 0.250 e. The Morgan fingerprint density at radius 3 is 2.86 bits per heavy atom. The molecule has 1 aromatic heterocycles. The zero-order chi connectivity index (χ0) is 10.0. The van der Waals surface area contributed by atoms with Crippen molar-refractivity contribution in [2.45, 2.75) is 16.7 Å². The number of pyridine rings is 1. The maximum absolute atomic E-state index is 11.2. The molecule has 0 unspecified atom stereocenters. The van der Waals surface area contributed by atoms with Gasteiger partial charge in [-0.05, 0) is 18.6 Å². The summed E-state index contributed by atoms with van der Waals surface area (Å²) >= 11 is 1.56. The molecular weight excluding hydrogens is 218 g/mol. The van der Waals surface area contributed by atoms with E-state index in [9.17, 15) is 8.42 Å². The van der Waals surface area contributed by atoms with E-state index in [0.717, 1.165) is 11.4 Å². The van der Waals surface area contributed by atoms with Crippen LogP contribution >= 0.6 is 11.8 Å². The molecule has 2 rings (SSSR count). The van der Waals surface area contributed by atoms with Crippen LogP contribution in [0.25, 0.3) is 0 Å². The van der Waals surface area contributed by atoms with E-state index >= 15 is 0 Å². The van der Waals surface area contributed by atoms with E-state index in [0.29, 0.717) is 11.5 Å². The van der Waals surface area contributed by atoms with Gasteiger partial charge in [0.25, 0.3) is 0 Å². The lowest BCUT2D eigenvalue weighted by atomic mass is 10.4. The van der Waals surface area contributed by atoms with Crippen molar-refractivity contribution in [2.75, 3.05) is 11.5 Å². The SMILES string of the molecule is O=S1(=O)CC[C@H](Sc2ccccn2)C1. The second kappa shape index (κ2) is 3.90. The molecule has 0 radical (unpaired) electrons. The molecule has 0 aliphatic carbocycles. The van der Waals surface area contributed by atoms with E-state index in [1.54, 1.807) is 18.0 Å². The van der Waals surface area contributed by atoms with Gasteiger partial charge >= 0.3 is 0 Å². The summed E-state index contributed by atoms with van der Waals surface area (Å²) in [6.45, 7) is 0. The van der Waals surface area contributed by atoms with Crippen molar-refractivity contribution in [3.63, 3.8) is 0 Å². The van der Waals surface area contributed by atoms with Crippen LogP contribution < -0.4 is 0 Å². The van der Waals surface area contributed by atoms with Crippen LogP contribution in [0, 0.1) is 0 Å². The van der Waals surface area contributed by atoms with Crippen molar-refractivity contribution in [3.05, 3.63) is 24.4 Å². The lowest BCUT2D eigenvalue weighted by Crippen LogP contribution is -2.06. The van der Waals surface area contributed by atoms with Gasteiger partial charge in [0.05, 0.1) is 16.5 Å². The number of hydrogen-bond donors (Lipinski definition) is 0. The molecule has 76 valence electrons. The number of hydrogen-bond acceptors (Lipinski definition) is 4. The predicted octanol–water partition coefficient (Wildman–Crippen LogP) is 1.36. The van der Waals surface area contributed by atoms with Crippen molar-refractivity contribution in [3.8, 4) is 0 Å². The van der Waals surface area contributed by atoms with Gasteiger partial charge in [-0.3, -0.25) is 0 Å². The fourth-order valence-electron chi connectivity index (χ4n) is 1.44. The van der Waals surface area contributed by atoms with Crippen LogP contribution in [0.2, 0.25) is 0 Å². The third-order valence-electron chi connectivity index (χ3n) is 2.12. The van der Waals surface area contributed by atoms with Gasteiger partial charge in [-0.25, -0.2) is 13.4 Å². The number of rotatable bonds is 2. The first kappa shape index (κ1) is 9.98. The topological polar surface area (TPSA) is 47.0 Å². The number of sulfone groups is 1. The second-order valence-electron chi connectivity index (χ2n) is 3.31. The van der Waals surface area contributed by atoms with Gasteiger partial charge in [0.2, 0.25) is 0 Å². The lowest BCUT2D eigenvalue weighted by molar-refractivity contribution is 0.602. The first-order valence-corrected chi connectivity index (χ1v) is 7.14. The van der Waals surface area contributed by atoms with Crippen LogP contribution in [0.15, 0.2) is 29.4 Å². The number of aromatic nitrogens is 1. The van der Waals surface area contributed by atoms with Gasteiger partial charge in [-0.15, -0.1) is 11.8 Å². The van der Waals surface area contributed by atoms with E-state index < -0.39 is 9.84 Å². The Hall–Kier alpha value is -0.550. The second-order valence-corrected chi connectivity index (χ2v) is 6.86. The third-order valence-corrected chi connectivity index (χ3v) is 5.31. The van der Waals surface area contributed by atoms with Gasteiger partial charge in [-0.1, -0.05) is 6.07 Å². The van der Waals surface area contributed by atoms with Gasteiger partial charge < -0.3 is 0 Å². The average molecular weight is 229 g/mol. The fourth-order valence-corrected chi connectivity index (χ4v) is 4.88. The highest BCUT2D eigenvalue weighted by atomic mass is 32.2. The summed E-state index contributed by atoms with van der Waals surface area (Å²) in [5.41, 5.74) is 0. The van der Waals surface area contributed by atoms with Crippen LogP contribution in [0.4, 0.5) is 0 Å². The van der Waals surface area contributed by atoms with E-state index in [4.69, 9.17) is 0 Å². The zero-order valence-electron chi connectivity index (χ0n) is 7.59. The minimum Gasteiger partial charge on any atom is -0.250 e. The van der Waals surface area contributed by atoms with Crippen molar-refractivity contribution in [1.29, 1.82) is 0 Å². The maximum Gasteiger partial charge on any atom is 0.151 e. The summed E-state index contributed by atoms with van der Waals surface area (Å²) < 4.78 is 22.4. The molecule has 1 aliphatic heterocycles. The summed E-state index contributed by atoms with van der Waals surface area (Å²) in [5, 5.41) is 1.10. The highest BCUT2D eigenvalue weighted by Gasteiger charge is 2.28. The first-order valence-electron chi connectivity index (χ1n) is 4.44. The summed E-state index contributed by atoms with van der Waals surface area (Å²) in [6.07, 6.45) is 2.48. The van der Waals surface area contributed by atoms with Crippen LogP contribution in [-0.4, -0.2) is 30.2 Å². The molecule has 1 fully saturated rings. The van der Waals surface area contributed by atoms with E-state index in [1.165, 1.54) is 0 Å². The Kier molecular flexibility index (Phi) is 2.78. The van der Waals surface area contributed by atoms with Crippen LogP contribution in [0.1, 0.15) is 6.42 Å². The molecule has 14 heavy (non-hydrogen) atoms. The summed E-state index contributed by atoms with van der Waals surface area (Å²) in [7, 11) is -2.76. The van der Waals surface area contributed by atoms with Gasteiger partial charge in [-0.2, -0.15) is 0 Å². The molecular formula is C9H11NO2S2. The number of thioether (sulfide) groups is 1. The molecule has 0 saturated carbocycles. The maximum atomic E-state index is 11.2. The Labute approximate surface area is 87.9 Å².